The van der Waals surface area contributed by atoms with Gasteiger partial charge in [0.1, 0.15) is 11.3 Å². The van der Waals surface area contributed by atoms with Crippen LogP contribution in [0, 0.1) is 0 Å². The van der Waals surface area contributed by atoms with Crippen LogP contribution in [-0.4, -0.2) is 51.4 Å². The third-order valence-corrected chi connectivity index (χ3v) is 4.90. The highest BCUT2D eigenvalue weighted by Crippen LogP contribution is 2.31. The molecule has 0 saturated carbocycles. The maximum absolute atomic E-state index is 12.3. The minimum Gasteiger partial charge on any atom is -0.435 e. The molecular formula is C10H18NO3S2+. The quantitative estimate of drug-likeness (QED) is 0.603. The molecule has 0 aromatic rings. The van der Waals surface area contributed by atoms with E-state index in [0.29, 0.717) is 12.3 Å². The van der Waals surface area contributed by atoms with Crippen molar-refractivity contribution in [1.29, 1.82) is 0 Å². The lowest BCUT2D eigenvalue weighted by Crippen LogP contribution is -2.61. The first kappa shape index (κ1) is 13.9. The van der Waals surface area contributed by atoms with E-state index in [2.05, 4.69) is 12.6 Å². The van der Waals surface area contributed by atoms with E-state index >= 15 is 0 Å². The molecule has 1 N–H and O–H groups in total. The Hall–Kier alpha value is -0.200. The minimum atomic E-state index is -1.02. The van der Waals surface area contributed by atoms with Gasteiger partial charge in [-0.05, 0) is 13.2 Å². The van der Waals surface area contributed by atoms with E-state index in [4.69, 9.17) is 0 Å². The third-order valence-electron chi connectivity index (χ3n) is 3.35. The Morgan fingerprint density at radius 2 is 2.25 bits per heavy atom. The normalized spacial score (nSPS) is 31.3. The molecule has 3 atom stereocenters. The molecule has 0 aromatic heterocycles. The summed E-state index contributed by atoms with van der Waals surface area (Å²) in [7, 11) is 0. The molecular weight excluding hydrogens is 246 g/mol. The Balaban J connectivity index is 3.03. The zero-order valence-corrected chi connectivity index (χ0v) is 11.3. The maximum Gasteiger partial charge on any atom is 0.521 e. The molecule has 1 saturated heterocycles. The number of thioether (sulfide) groups is 1. The van der Waals surface area contributed by atoms with Gasteiger partial charge in [-0.3, -0.25) is 0 Å². The van der Waals surface area contributed by atoms with Gasteiger partial charge in [-0.15, -0.1) is 11.8 Å². The monoisotopic (exact) mass is 264 g/mol. The molecule has 1 fully saturated rings. The summed E-state index contributed by atoms with van der Waals surface area (Å²) < 4.78 is -0.411. The molecule has 0 aromatic carbocycles. The fourth-order valence-corrected chi connectivity index (χ4v) is 3.44. The summed E-state index contributed by atoms with van der Waals surface area (Å²) in [4.78, 5) is 23.7. The van der Waals surface area contributed by atoms with Crippen molar-refractivity contribution in [2.45, 2.75) is 31.1 Å². The fraction of sp³-hybridized carbons (Fsp3) is 0.800. The van der Waals surface area contributed by atoms with Crippen LogP contribution in [0.5, 0.6) is 0 Å². The van der Waals surface area contributed by atoms with Crippen LogP contribution in [-0.2, 0) is 4.79 Å². The van der Waals surface area contributed by atoms with Crippen LogP contribution in [0.4, 0.5) is 4.79 Å². The molecule has 0 spiro atoms. The highest BCUT2D eigenvalue weighted by molar-refractivity contribution is 8.00. The molecule has 2 amide bonds. The molecule has 0 radical (unpaired) electrons. The lowest BCUT2D eigenvalue weighted by atomic mass is 10.2. The summed E-state index contributed by atoms with van der Waals surface area (Å²) in [5.41, 5.74) is 0. The molecule has 1 aliphatic rings. The number of carbonyl (C=O) groups is 2. The largest absolute Gasteiger partial charge is 0.521 e. The molecule has 6 heteroatoms. The third kappa shape index (κ3) is 2.10. The molecule has 16 heavy (non-hydrogen) atoms. The van der Waals surface area contributed by atoms with Crippen LogP contribution >= 0.6 is 24.4 Å². The average Bonchev–Trinajstić information content (AvgIpc) is 2.62. The number of imide groups is 1. The lowest BCUT2D eigenvalue weighted by molar-refractivity contribution is -0.792. The number of carboxylic acid groups (broad SMARTS) is 1. The highest BCUT2D eigenvalue weighted by Gasteiger charge is 2.54. The second-order valence-electron chi connectivity index (χ2n) is 4.11. The van der Waals surface area contributed by atoms with Gasteiger partial charge in [-0.25, -0.2) is 4.79 Å². The Bertz CT molecular complexity index is 294. The van der Waals surface area contributed by atoms with Gasteiger partial charge in [0.2, 0.25) is 0 Å². The summed E-state index contributed by atoms with van der Waals surface area (Å²) >= 11 is 5.50. The summed E-state index contributed by atoms with van der Waals surface area (Å²) in [6, 6.07) is -0.125. The van der Waals surface area contributed by atoms with Crippen LogP contribution in [0.3, 0.4) is 0 Å². The first-order valence-corrected chi connectivity index (χ1v) is 7.22. The number of amides is 2. The van der Waals surface area contributed by atoms with E-state index in [0.717, 1.165) is 12.8 Å². The minimum absolute atomic E-state index is 0.125. The molecule has 1 rings (SSSR count). The van der Waals surface area contributed by atoms with Gasteiger partial charge in [-0.1, -0.05) is 0 Å². The van der Waals surface area contributed by atoms with Gasteiger partial charge in [0.05, 0.1) is 6.54 Å². The number of quaternary nitrogens is 1. The van der Waals surface area contributed by atoms with E-state index < -0.39 is 10.6 Å². The number of hydrogen-bond donors (Lipinski definition) is 2. The SMILES string of the molecule is CSC(CS)C(=O)[N+]1(C(=O)O)CCC[C@H]1C. The van der Waals surface area contributed by atoms with E-state index in [1.807, 2.05) is 13.2 Å². The number of rotatable bonds is 3. The van der Waals surface area contributed by atoms with Crippen molar-refractivity contribution >= 4 is 36.4 Å². The zero-order valence-electron chi connectivity index (χ0n) is 9.55. The topological polar surface area (TPSA) is 54.4 Å². The number of hydrogen-bond acceptors (Lipinski definition) is 4. The van der Waals surface area contributed by atoms with E-state index in [1.165, 1.54) is 11.8 Å². The van der Waals surface area contributed by atoms with Crippen LogP contribution < -0.4 is 0 Å². The van der Waals surface area contributed by atoms with Crippen molar-refractivity contribution in [3.8, 4) is 0 Å². The predicted octanol–water partition coefficient (Wildman–Crippen LogP) is 1.85. The van der Waals surface area contributed by atoms with E-state index in [-0.39, 0.29) is 17.2 Å². The predicted molar refractivity (Wildman–Crippen MR) is 68.0 cm³/mol. The molecule has 2 unspecified atom stereocenters. The van der Waals surface area contributed by atoms with Crippen molar-refractivity contribution in [2.24, 2.45) is 0 Å². The molecule has 1 heterocycles. The van der Waals surface area contributed by atoms with Crippen molar-refractivity contribution < 1.29 is 19.2 Å². The first-order valence-electron chi connectivity index (χ1n) is 5.30. The van der Waals surface area contributed by atoms with Crippen molar-refractivity contribution in [3.05, 3.63) is 0 Å². The highest BCUT2D eigenvalue weighted by atomic mass is 32.2. The molecule has 4 nitrogen and oxygen atoms in total. The van der Waals surface area contributed by atoms with Gasteiger partial charge in [0.15, 0.2) is 0 Å². The van der Waals surface area contributed by atoms with Gasteiger partial charge in [0.25, 0.3) is 0 Å². The summed E-state index contributed by atoms with van der Waals surface area (Å²) in [5, 5.41) is 9.03. The van der Waals surface area contributed by atoms with Gasteiger partial charge < -0.3 is 5.11 Å². The Morgan fingerprint density at radius 3 is 2.56 bits per heavy atom. The molecule has 1 aliphatic heterocycles. The smallest absolute Gasteiger partial charge is 0.435 e. The Kier molecular flexibility index (Phi) is 4.70. The van der Waals surface area contributed by atoms with Crippen LogP contribution in [0.25, 0.3) is 0 Å². The Morgan fingerprint density at radius 1 is 1.62 bits per heavy atom. The zero-order chi connectivity index (χ0) is 12.3. The first-order chi connectivity index (χ1) is 7.50. The van der Waals surface area contributed by atoms with Gasteiger partial charge in [-0.2, -0.15) is 21.9 Å². The fourth-order valence-electron chi connectivity index (χ4n) is 2.29. The molecule has 0 aliphatic carbocycles. The summed E-state index contributed by atoms with van der Waals surface area (Å²) in [6.45, 7) is 2.26. The lowest BCUT2D eigenvalue weighted by Gasteiger charge is -2.31. The number of likely N-dealkylation sites (tertiary alicyclic amines) is 1. The van der Waals surface area contributed by atoms with Crippen LogP contribution in [0.15, 0.2) is 0 Å². The van der Waals surface area contributed by atoms with Gasteiger partial charge >= 0.3 is 12.0 Å². The van der Waals surface area contributed by atoms with Crippen molar-refractivity contribution in [2.75, 3.05) is 18.6 Å². The number of thiol groups is 1. The maximum atomic E-state index is 12.3. The van der Waals surface area contributed by atoms with Gasteiger partial charge in [0, 0.05) is 18.6 Å². The summed E-state index contributed by atoms with van der Waals surface area (Å²) in [6.07, 6.45) is 2.40. The molecule has 0 bridgehead atoms. The van der Waals surface area contributed by atoms with Crippen LogP contribution in [0.1, 0.15) is 19.8 Å². The standard InChI is InChI=1S/C10H17NO3S2/c1-7-4-3-5-11(7,10(13)14)9(12)8(6-15)16-2/h7-8H,3-6H2,1-2H3,(H-,13,14,15)/p+1/t7-,8?,11?/m1/s1. The number of nitrogens with zero attached hydrogens (tertiary/aromatic N) is 1. The Labute approximate surface area is 105 Å². The van der Waals surface area contributed by atoms with Crippen molar-refractivity contribution in [3.63, 3.8) is 0 Å². The second-order valence-corrected chi connectivity index (χ2v) is 5.52. The molecule has 92 valence electrons. The summed E-state index contributed by atoms with van der Waals surface area (Å²) in [5.74, 6) is 0.181. The van der Waals surface area contributed by atoms with Crippen LogP contribution in [0.2, 0.25) is 0 Å². The van der Waals surface area contributed by atoms with E-state index in [1.54, 1.807) is 0 Å². The average molecular weight is 264 g/mol. The second kappa shape index (κ2) is 5.42. The number of carbonyl (C=O) groups excluding carboxylic acids is 1. The van der Waals surface area contributed by atoms with Crippen molar-refractivity contribution in [1.82, 2.24) is 0 Å². The van der Waals surface area contributed by atoms with E-state index in [9.17, 15) is 14.7 Å².